The van der Waals surface area contributed by atoms with Crippen LogP contribution in [-0.2, 0) is 14.8 Å². The number of ether oxygens (including phenoxy) is 2. The number of carboxylic acids is 1. The lowest BCUT2D eigenvalue weighted by Gasteiger charge is -2.27. The molecule has 1 fully saturated rings. The summed E-state index contributed by atoms with van der Waals surface area (Å²) in [4.78, 5) is 16.2. The van der Waals surface area contributed by atoms with Crippen molar-refractivity contribution in [3.05, 3.63) is 52.6 Å². The number of benzene rings is 2. The number of carbonyl (C=O) groups is 1. The van der Waals surface area contributed by atoms with E-state index in [0.29, 0.717) is 24.1 Å². The minimum Gasteiger partial charge on any atom is -0.496 e. The van der Waals surface area contributed by atoms with Crippen molar-refractivity contribution in [3.63, 3.8) is 0 Å². The second kappa shape index (κ2) is 9.02. The van der Waals surface area contributed by atoms with E-state index in [1.54, 1.807) is 30.3 Å². The highest BCUT2D eigenvalue weighted by Crippen LogP contribution is 2.37. The van der Waals surface area contributed by atoms with Crippen LogP contribution in [0, 0.1) is 0 Å². The minimum atomic E-state index is -3.93. The van der Waals surface area contributed by atoms with Crippen LogP contribution < -0.4 is 10.1 Å². The van der Waals surface area contributed by atoms with Gasteiger partial charge in [0.1, 0.15) is 16.2 Å². The second-order valence-electron chi connectivity index (χ2n) is 6.99. The van der Waals surface area contributed by atoms with Gasteiger partial charge in [0.25, 0.3) is 0 Å². The Hall–Kier alpha value is -2.73. The monoisotopic (exact) mass is 521 g/mol. The molecular formula is C21H20BrN3O6S. The number of hydrogen-bond acceptors (Lipinski definition) is 7. The largest absolute Gasteiger partial charge is 0.496 e. The summed E-state index contributed by atoms with van der Waals surface area (Å²) in [5.74, 6) is -1.05. The van der Waals surface area contributed by atoms with Crippen LogP contribution in [0.3, 0.4) is 0 Å². The number of halogens is 1. The number of methoxy groups -OCH3 is 1. The van der Waals surface area contributed by atoms with E-state index in [2.05, 4.69) is 26.2 Å². The molecule has 1 aliphatic rings. The molecule has 0 saturated carbocycles. The number of aromatic nitrogens is 1. The molecule has 0 unspecified atom stereocenters. The van der Waals surface area contributed by atoms with Gasteiger partial charge in [-0.15, -0.1) is 0 Å². The van der Waals surface area contributed by atoms with Crippen molar-refractivity contribution in [3.8, 4) is 5.75 Å². The lowest BCUT2D eigenvalue weighted by Crippen LogP contribution is -2.40. The molecule has 2 aromatic carbocycles. The number of sulfonamides is 1. The summed E-state index contributed by atoms with van der Waals surface area (Å²) in [7, 11) is -2.56. The summed E-state index contributed by atoms with van der Waals surface area (Å²) in [6.07, 6.45) is 1.30. The SMILES string of the molecule is COc1cccc(Nc2c(S(=O)(=O)N3CCOCC3)cnc3ccc(Br)cc23)c1C(=O)O. The van der Waals surface area contributed by atoms with Crippen LogP contribution in [0.1, 0.15) is 10.4 Å². The average molecular weight is 522 g/mol. The van der Waals surface area contributed by atoms with Crippen molar-refractivity contribution in [2.45, 2.75) is 4.90 Å². The van der Waals surface area contributed by atoms with Crippen molar-refractivity contribution in [2.24, 2.45) is 0 Å². The van der Waals surface area contributed by atoms with Gasteiger partial charge in [-0.2, -0.15) is 4.31 Å². The first-order chi connectivity index (χ1) is 15.3. The number of pyridine rings is 1. The van der Waals surface area contributed by atoms with E-state index in [1.807, 2.05) is 0 Å². The quantitative estimate of drug-likeness (QED) is 0.506. The Balaban J connectivity index is 1.95. The zero-order valence-electron chi connectivity index (χ0n) is 17.0. The Labute approximate surface area is 193 Å². The molecule has 0 spiro atoms. The van der Waals surface area contributed by atoms with E-state index in [0.717, 1.165) is 4.47 Å². The second-order valence-corrected chi connectivity index (χ2v) is 9.81. The lowest BCUT2D eigenvalue weighted by atomic mass is 10.1. The van der Waals surface area contributed by atoms with Gasteiger partial charge in [-0.1, -0.05) is 22.0 Å². The van der Waals surface area contributed by atoms with E-state index < -0.39 is 16.0 Å². The predicted molar refractivity (Wildman–Crippen MR) is 122 cm³/mol. The molecule has 2 N–H and O–H groups in total. The first kappa shape index (κ1) is 22.5. The Kier molecular flexibility index (Phi) is 6.33. The molecule has 1 aliphatic heterocycles. The molecule has 168 valence electrons. The fraction of sp³-hybridized carbons (Fsp3) is 0.238. The Morgan fingerprint density at radius 1 is 1.25 bits per heavy atom. The van der Waals surface area contributed by atoms with Gasteiger partial charge < -0.3 is 19.9 Å². The zero-order chi connectivity index (χ0) is 22.9. The van der Waals surface area contributed by atoms with Gasteiger partial charge in [-0.3, -0.25) is 4.98 Å². The zero-order valence-corrected chi connectivity index (χ0v) is 19.4. The van der Waals surface area contributed by atoms with Crippen LogP contribution in [0.5, 0.6) is 5.75 Å². The first-order valence-electron chi connectivity index (χ1n) is 9.66. The molecule has 0 aliphatic carbocycles. The fourth-order valence-corrected chi connectivity index (χ4v) is 5.43. The highest BCUT2D eigenvalue weighted by Gasteiger charge is 2.31. The summed E-state index contributed by atoms with van der Waals surface area (Å²) in [6, 6.07) is 10.00. The molecule has 0 bridgehead atoms. The van der Waals surface area contributed by atoms with E-state index in [-0.39, 0.29) is 40.7 Å². The fourth-order valence-electron chi connectivity index (χ4n) is 3.56. The number of rotatable bonds is 6. The van der Waals surface area contributed by atoms with Crippen LogP contribution in [0.4, 0.5) is 11.4 Å². The van der Waals surface area contributed by atoms with Crippen LogP contribution in [-0.4, -0.2) is 62.2 Å². The predicted octanol–water partition coefficient (Wildman–Crippen LogP) is 3.47. The van der Waals surface area contributed by atoms with Crippen molar-refractivity contribution >= 4 is 54.2 Å². The molecule has 32 heavy (non-hydrogen) atoms. The maximum Gasteiger partial charge on any atom is 0.341 e. The number of nitrogens with one attached hydrogen (secondary N) is 1. The normalized spacial score (nSPS) is 14.9. The highest BCUT2D eigenvalue weighted by molar-refractivity contribution is 9.10. The van der Waals surface area contributed by atoms with Crippen LogP contribution in [0.2, 0.25) is 0 Å². The van der Waals surface area contributed by atoms with E-state index >= 15 is 0 Å². The smallest absolute Gasteiger partial charge is 0.341 e. The number of hydrogen-bond donors (Lipinski definition) is 2. The Morgan fingerprint density at radius 3 is 2.69 bits per heavy atom. The summed E-state index contributed by atoms with van der Waals surface area (Å²) < 4.78 is 39.6. The van der Waals surface area contributed by atoms with Crippen molar-refractivity contribution in [2.75, 3.05) is 38.7 Å². The van der Waals surface area contributed by atoms with Gasteiger partial charge in [-0.05, 0) is 30.3 Å². The van der Waals surface area contributed by atoms with Crippen LogP contribution >= 0.6 is 15.9 Å². The molecule has 1 saturated heterocycles. The third-order valence-electron chi connectivity index (χ3n) is 5.10. The summed E-state index contributed by atoms with van der Waals surface area (Å²) in [5, 5.41) is 13.3. The molecule has 11 heteroatoms. The Morgan fingerprint density at radius 2 is 2.00 bits per heavy atom. The molecule has 9 nitrogen and oxygen atoms in total. The van der Waals surface area contributed by atoms with E-state index in [9.17, 15) is 18.3 Å². The molecule has 0 radical (unpaired) electrons. The van der Waals surface area contributed by atoms with Crippen LogP contribution in [0.25, 0.3) is 10.9 Å². The third-order valence-corrected chi connectivity index (χ3v) is 7.51. The number of carboxylic acid groups (broad SMARTS) is 1. The lowest BCUT2D eigenvalue weighted by molar-refractivity contribution is 0.0694. The molecular weight excluding hydrogens is 502 g/mol. The maximum atomic E-state index is 13.5. The van der Waals surface area contributed by atoms with Gasteiger partial charge in [0, 0.05) is 29.1 Å². The van der Waals surface area contributed by atoms with Gasteiger partial charge in [0.15, 0.2) is 0 Å². The molecule has 0 amide bonds. The topological polar surface area (TPSA) is 118 Å². The summed E-state index contributed by atoms with van der Waals surface area (Å²) in [5.41, 5.74) is 0.877. The highest BCUT2D eigenvalue weighted by atomic mass is 79.9. The van der Waals surface area contributed by atoms with Crippen molar-refractivity contribution in [1.29, 1.82) is 0 Å². The van der Waals surface area contributed by atoms with E-state index in [1.165, 1.54) is 23.7 Å². The Bertz CT molecular complexity index is 1290. The van der Waals surface area contributed by atoms with Gasteiger partial charge >= 0.3 is 5.97 Å². The molecule has 3 aromatic rings. The third kappa shape index (κ3) is 4.16. The molecule has 0 atom stereocenters. The molecule has 1 aromatic heterocycles. The molecule has 4 rings (SSSR count). The number of aromatic carboxylic acids is 1. The van der Waals surface area contributed by atoms with Crippen molar-refractivity contribution < 1.29 is 27.8 Å². The standard InChI is InChI=1S/C21H20BrN3O6S/c1-30-17-4-2-3-16(19(17)21(26)27)24-20-14-11-13(22)5-6-15(14)23-12-18(20)32(28,29)25-7-9-31-10-8-25/h2-6,11-12H,7-10H2,1H3,(H,23,24)(H,26,27). The summed E-state index contributed by atoms with van der Waals surface area (Å²) in [6.45, 7) is 1.04. The van der Waals surface area contributed by atoms with Gasteiger partial charge in [0.05, 0.1) is 37.2 Å². The van der Waals surface area contributed by atoms with Crippen molar-refractivity contribution in [1.82, 2.24) is 9.29 Å². The minimum absolute atomic E-state index is 0.0517. The van der Waals surface area contributed by atoms with E-state index in [4.69, 9.17) is 9.47 Å². The number of anilines is 2. The molecule has 2 heterocycles. The van der Waals surface area contributed by atoms with Crippen LogP contribution in [0.15, 0.2) is 52.0 Å². The average Bonchev–Trinajstić information content (AvgIpc) is 2.79. The van der Waals surface area contributed by atoms with Gasteiger partial charge in [-0.25, -0.2) is 13.2 Å². The number of nitrogens with zero attached hydrogens (tertiary/aromatic N) is 2. The first-order valence-corrected chi connectivity index (χ1v) is 11.9. The van der Waals surface area contributed by atoms with Gasteiger partial charge in [0.2, 0.25) is 10.0 Å². The summed E-state index contributed by atoms with van der Waals surface area (Å²) >= 11 is 3.42. The number of fused-ring (bicyclic) bond motifs is 1. The number of morpholine rings is 1. The maximum absolute atomic E-state index is 13.5.